The molecule has 13 heavy (non-hydrogen) atoms. The molecule has 0 rings (SSSR count). The molecule has 1 nitrogen and oxygen atoms in total. The fourth-order valence-corrected chi connectivity index (χ4v) is 1.15. The molecule has 0 aliphatic rings. The van der Waals surface area contributed by atoms with E-state index in [4.69, 9.17) is 5.26 Å². The third kappa shape index (κ3) is 6.60. The summed E-state index contributed by atoms with van der Waals surface area (Å²) in [5.74, 6) is 0. The van der Waals surface area contributed by atoms with E-state index in [0.29, 0.717) is 11.2 Å². The minimum atomic E-state index is 0.401. The second-order valence-electron chi connectivity index (χ2n) is 3.27. The predicted molar refractivity (Wildman–Crippen MR) is 60.8 cm³/mol. The number of alkyl halides is 1. The van der Waals surface area contributed by atoms with Crippen LogP contribution < -0.4 is 0 Å². The molecule has 0 aromatic rings. The van der Waals surface area contributed by atoms with Crippen LogP contribution in [0.15, 0.2) is 23.8 Å². The van der Waals surface area contributed by atoms with Gasteiger partial charge < -0.3 is 0 Å². The van der Waals surface area contributed by atoms with Crippen molar-refractivity contribution in [2.24, 2.45) is 0 Å². The highest BCUT2D eigenvalue weighted by atomic mass is 79.9. The SMILES string of the molecule is C=C(C)C(Br)CC/C(C)=C/CC#N. The molecular weight excluding hydrogens is 226 g/mol. The minimum absolute atomic E-state index is 0.401. The van der Waals surface area contributed by atoms with Gasteiger partial charge in [-0.2, -0.15) is 5.26 Å². The molecule has 0 radical (unpaired) electrons. The van der Waals surface area contributed by atoms with Gasteiger partial charge in [-0.1, -0.05) is 39.7 Å². The van der Waals surface area contributed by atoms with Gasteiger partial charge in [0.15, 0.2) is 0 Å². The quantitative estimate of drug-likeness (QED) is 0.528. The van der Waals surface area contributed by atoms with Crippen molar-refractivity contribution >= 4 is 15.9 Å². The van der Waals surface area contributed by atoms with Crippen molar-refractivity contribution in [2.45, 2.75) is 37.9 Å². The Morgan fingerprint density at radius 1 is 1.62 bits per heavy atom. The summed E-state index contributed by atoms with van der Waals surface area (Å²) < 4.78 is 0. The van der Waals surface area contributed by atoms with Crippen LogP contribution in [-0.2, 0) is 0 Å². The van der Waals surface area contributed by atoms with Crippen LogP contribution in [0.3, 0.4) is 0 Å². The molecule has 0 N–H and O–H groups in total. The summed E-state index contributed by atoms with van der Waals surface area (Å²) in [6.45, 7) is 7.96. The molecule has 0 fully saturated rings. The number of allylic oxidation sites excluding steroid dienone is 3. The first kappa shape index (κ1) is 12.4. The van der Waals surface area contributed by atoms with E-state index in [1.54, 1.807) is 0 Å². The standard InChI is InChI=1S/C11H16BrN/c1-9(2)11(12)7-6-10(3)5-4-8-13/h5,11H,1,4,6-7H2,2-3H3/b10-5+. The fraction of sp³-hybridized carbons (Fsp3) is 0.545. The Kier molecular flexibility index (Phi) is 6.62. The summed E-state index contributed by atoms with van der Waals surface area (Å²) in [5, 5.41) is 8.36. The highest BCUT2D eigenvalue weighted by molar-refractivity contribution is 9.09. The van der Waals surface area contributed by atoms with Crippen molar-refractivity contribution in [1.82, 2.24) is 0 Å². The third-order valence-electron chi connectivity index (χ3n) is 1.87. The van der Waals surface area contributed by atoms with Crippen LogP contribution in [0.2, 0.25) is 0 Å². The summed E-state index contributed by atoms with van der Waals surface area (Å²) in [6, 6.07) is 2.10. The highest BCUT2D eigenvalue weighted by Crippen LogP contribution is 2.18. The number of hydrogen-bond acceptors (Lipinski definition) is 1. The Morgan fingerprint density at radius 3 is 2.69 bits per heavy atom. The van der Waals surface area contributed by atoms with Gasteiger partial charge in [-0.25, -0.2) is 0 Å². The van der Waals surface area contributed by atoms with Crippen molar-refractivity contribution in [1.29, 1.82) is 5.26 Å². The van der Waals surface area contributed by atoms with E-state index in [-0.39, 0.29) is 0 Å². The van der Waals surface area contributed by atoms with E-state index in [0.717, 1.165) is 18.4 Å². The number of hydrogen-bond donors (Lipinski definition) is 0. The average molecular weight is 242 g/mol. The van der Waals surface area contributed by atoms with E-state index in [9.17, 15) is 0 Å². The van der Waals surface area contributed by atoms with Crippen LogP contribution in [0.25, 0.3) is 0 Å². The second kappa shape index (κ2) is 6.91. The molecule has 0 spiro atoms. The van der Waals surface area contributed by atoms with E-state index in [2.05, 4.69) is 35.5 Å². The lowest BCUT2D eigenvalue weighted by Crippen LogP contribution is -1.98. The molecule has 0 amide bonds. The van der Waals surface area contributed by atoms with Gasteiger partial charge >= 0.3 is 0 Å². The van der Waals surface area contributed by atoms with E-state index in [1.165, 1.54) is 5.57 Å². The van der Waals surface area contributed by atoms with Gasteiger partial charge in [-0.05, 0) is 26.7 Å². The first-order chi connectivity index (χ1) is 6.07. The van der Waals surface area contributed by atoms with Gasteiger partial charge in [0.25, 0.3) is 0 Å². The van der Waals surface area contributed by atoms with Gasteiger partial charge in [0.1, 0.15) is 0 Å². The largest absolute Gasteiger partial charge is 0.198 e. The molecule has 0 saturated heterocycles. The molecule has 72 valence electrons. The summed E-state index contributed by atoms with van der Waals surface area (Å²) in [4.78, 5) is 0.401. The monoisotopic (exact) mass is 241 g/mol. The molecular formula is C11H16BrN. The molecule has 2 heteroatoms. The molecule has 0 aromatic carbocycles. The second-order valence-corrected chi connectivity index (χ2v) is 4.37. The van der Waals surface area contributed by atoms with Gasteiger partial charge in [0.05, 0.1) is 12.5 Å². The lowest BCUT2D eigenvalue weighted by Gasteiger charge is -2.08. The Hall–Kier alpha value is -0.550. The maximum absolute atomic E-state index is 8.36. The van der Waals surface area contributed by atoms with Crippen molar-refractivity contribution < 1.29 is 0 Å². The first-order valence-corrected chi connectivity index (χ1v) is 5.31. The summed E-state index contributed by atoms with van der Waals surface area (Å²) in [7, 11) is 0. The van der Waals surface area contributed by atoms with Gasteiger partial charge in [-0.3, -0.25) is 0 Å². The summed E-state index contributed by atoms with van der Waals surface area (Å²) in [6.07, 6.45) is 4.59. The molecule has 0 aromatic heterocycles. The van der Waals surface area contributed by atoms with Crippen molar-refractivity contribution in [3.05, 3.63) is 23.8 Å². The van der Waals surface area contributed by atoms with Crippen LogP contribution in [0.1, 0.15) is 33.1 Å². The topological polar surface area (TPSA) is 23.8 Å². The maximum Gasteiger partial charge on any atom is 0.0663 e. The van der Waals surface area contributed by atoms with Crippen molar-refractivity contribution in [2.75, 3.05) is 0 Å². The normalized spacial score (nSPS) is 13.5. The van der Waals surface area contributed by atoms with Gasteiger partial charge in [-0.15, -0.1) is 0 Å². The van der Waals surface area contributed by atoms with Crippen LogP contribution in [-0.4, -0.2) is 4.83 Å². The number of nitrogens with zero attached hydrogens (tertiary/aromatic N) is 1. The number of rotatable bonds is 5. The smallest absolute Gasteiger partial charge is 0.0663 e. The van der Waals surface area contributed by atoms with E-state index < -0.39 is 0 Å². The van der Waals surface area contributed by atoms with Crippen LogP contribution in [0, 0.1) is 11.3 Å². The number of halogens is 1. The zero-order valence-corrected chi connectivity index (χ0v) is 9.89. The molecule has 1 unspecified atom stereocenters. The molecule has 0 aliphatic carbocycles. The van der Waals surface area contributed by atoms with Crippen LogP contribution in [0.4, 0.5) is 0 Å². The van der Waals surface area contributed by atoms with E-state index in [1.807, 2.05) is 13.0 Å². The Labute approximate surface area is 89.3 Å². The lowest BCUT2D eigenvalue weighted by atomic mass is 10.1. The molecule has 0 aliphatic heterocycles. The molecule has 0 heterocycles. The zero-order chi connectivity index (χ0) is 10.3. The lowest BCUT2D eigenvalue weighted by molar-refractivity contribution is 0.826. The number of nitriles is 1. The Morgan fingerprint density at radius 2 is 2.23 bits per heavy atom. The summed E-state index contributed by atoms with van der Waals surface area (Å²) in [5.41, 5.74) is 2.44. The zero-order valence-electron chi connectivity index (χ0n) is 8.31. The average Bonchev–Trinajstić information content (AvgIpc) is 2.10. The van der Waals surface area contributed by atoms with E-state index >= 15 is 0 Å². The van der Waals surface area contributed by atoms with Gasteiger partial charge in [0, 0.05) is 4.83 Å². The summed E-state index contributed by atoms with van der Waals surface area (Å²) >= 11 is 3.55. The Bertz CT molecular complexity index is 235. The molecule has 0 bridgehead atoms. The Balaban J connectivity index is 3.77. The maximum atomic E-state index is 8.36. The highest BCUT2D eigenvalue weighted by Gasteiger charge is 2.03. The van der Waals surface area contributed by atoms with Crippen molar-refractivity contribution in [3.63, 3.8) is 0 Å². The van der Waals surface area contributed by atoms with Crippen molar-refractivity contribution in [3.8, 4) is 6.07 Å². The fourth-order valence-electron chi connectivity index (χ4n) is 0.923. The predicted octanol–water partition coefficient (Wildman–Crippen LogP) is 3.97. The first-order valence-electron chi connectivity index (χ1n) is 4.40. The minimum Gasteiger partial charge on any atom is -0.198 e. The third-order valence-corrected chi connectivity index (χ3v) is 3.11. The molecule has 1 atom stereocenters. The molecule has 0 saturated carbocycles. The van der Waals surface area contributed by atoms with Gasteiger partial charge in [0.2, 0.25) is 0 Å². The van der Waals surface area contributed by atoms with Crippen LogP contribution >= 0.6 is 15.9 Å². The van der Waals surface area contributed by atoms with Crippen LogP contribution in [0.5, 0.6) is 0 Å².